The Morgan fingerprint density at radius 2 is 2.12 bits per heavy atom. The van der Waals surface area contributed by atoms with E-state index in [-0.39, 0.29) is 29.5 Å². The third-order valence-electron chi connectivity index (χ3n) is 4.34. The van der Waals surface area contributed by atoms with Crippen molar-refractivity contribution in [2.75, 3.05) is 19.6 Å². The minimum Gasteiger partial charge on any atom is -0.350 e. The van der Waals surface area contributed by atoms with Gasteiger partial charge in [-0.2, -0.15) is 0 Å². The van der Waals surface area contributed by atoms with Crippen molar-refractivity contribution in [3.8, 4) is 11.3 Å². The van der Waals surface area contributed by atoms with Crippen molar-refractivity contribution in [2.24, 2.45) is 5.41 Å². The summed E-state index contributed by atoms with van der Waals surface area (Å²) >= 11 is 5.97. The molecule has 130 valence electrons. The van der Waals surface area contributed by atoms with E-state index in [2.05, 4.69) is 22.7 Å². The number of hydrogen-bond acceptors (Lipinski definition) is 4. The van der Waals surface area contributed by atoms with Crippen molar-refractivity contribution in [2.45, 2.75) is 19.8 Å². The van der Waals surface area contributed by atoms with E-state index in [0.717, 1.165) is 31.5 Å². The zero-order valence-electron chi connectivity index (χ0n) is 13.5. The monoisotopic (exact) mass is 369 g/mol. The first-order valence-corrected chi connectivity index (χ1v) is 8.15. The normalized spacial score (nSPS) is 16.2. The Labute approximate surface area is 152 Å². The van der Waals surface area contributed by atoms with Crippen molar-refractivity contribution >= 4 is 29.9 Å². The van der Waals surface area contributed by atoms with Crippen LogP contribution in [0.15, 0.2) is 34.9 Å². The van der Waals surface area contributed by atoms with Crippen molar-refractivity contribution in [3.63, 3.8) is 0 Å². The van der Waals surface area contributed by atoms with Crippen LogP contribution < -0.4 is 10.6 Å². The first kappa shape index (κ1) is 18.8. The van der Waals surface area contributed by atoms with Crippen LogP contribution in [0.3, 0.4) is 0 Å². The quantitative estimate of drug-likeness (QED) is 0.864. The fourth-order valence-electron chi connectivity index (χ4n) is 2.75. The third kappa shape index (κ3) is 4.50. The van der Waals surface area contributed by atoms with Crippen LogP contribution >= 0.6 is 24.0 Å². The molecule has 1 aromatic heterocycles. The zero-order valence-corrected chi connectivity index (χ0v) is 15.0. The molecule has 3 rings (SSSR count). The fraction of sp³-hybridized carbons (Fsp3) is 0.412. The van der Waals surface area contributed by atoms with E-state index in [1.807, 2.05) is 12.1 Å². The lowest BCUT2D eigenvalue weighted by Crippen LogP contribution is -2.42. The smallest absolute Gasteiger partial charge is 0.289 e. The summed E-state index contributed by atoms with van der Waals surface area (Å²) in [5.74, 6) is -0.0111. The number of aromatic nitrogens is 1. The highest BCUT2D eigenvalue weighted by Gasteiger charge is 2.27. The Balaban J connectivity index is 0.00000208. The lowest BCUT2D eigenvalue weighted by atomic mass is 9.81. The predicted octanol–water partition coefficient (Wildman–Crippen LogP) is 3.54. The SMILES string of the molecule is CC1(CNC(=O)c2cc(-c3cccc(Cl)c3)no2)CCNCC1.Cl. The number of benzene rings is 1. The van der Waals surface area contributed by atoms with E-state index in [4.69, 9.17) is 16.1 Å². The van der Waals surface area contributed by atoms with E-state index < -0.39 is 0 Å². The number of hydrogen-bond donors (Lipinski definition) is 2. The van der Waals surface area contributed by atoms with Gasteiger partial charge in [-0.25, -0.2) is 0 Å². The average Bonchev–Trinajstić information content (AvgIpc) is 3.03. The molecule has 0 saturated carbocycles. The van der Waals surface area contributed by atoms with Crippen LogP contribution in [0.5, 0.6) is 0 Å². The highest BCUT2D eigenvalue weighted by atomic mass is 35.5. The molecule has 7 heteroatoms. The first-order valence-electron chi connectivity index (χ1n) is 7.77. The summed E-state index contributed by atoms with van der Waals surface area (Å²) in [4.78, 5) is 12.3. The maximum absolute atomic E-state index is 12.3. The van der Waals surface area contributed by atoms with Gasteiger partial charge in [-0.15, -0.1) is 12.4 Å². The second-order valence-electron chi connectivity index (χ2n) is 6.33. The summed E-state index contributed by atoms with van der Waals surface area (Å²) in [5, 5.41) is 10.9. The predicted molar refractivity (Wildman–Crippen MR) is 96.7 cm³/mol. The molecule has 2 N–H and O–H groups in total. The molecule has 1 saturated heterocycles. The Bertz CT molecular complexity index is 697. The van der Waals surface area contributed by atoms with Crippen LogP contribution in [-0.2, 0) is 0 Å². The van der Waals surface area contributed by atoms with Crippen LogP contribution in [0.4, 0.5) is 0 Å². The number of piperidine rings is 1. The van der Waals surface area contributed by atoms with E-state index in [0.29, 0.717) is 17.3 Å². The number of carbonyl (C=O) groups excluding carboxylic acids is 1. The lowest BCUT2D eigenvalue weighted by molar-refractivity contribution is 0.0885. The second kappa shape index (κ2) is 8.01. The Kier molecular flexibility index (Phi) is 6.27. The largest absolute Gasteiger partial charge is 0.350 e. The first-order chi connectivity index (χ1) is 11.1. The maximum Gasteiger partial charge on any atom is 0.289 e. The van der Waals surface area contributed by atoms with Crippen LogP contribution in [0, 0.1) is 5.41 Å². The molecule has 0 radical (unpaired) electrons. The molecule has 0 bridgehead atoms. The molecule has 5 nitrogen and oxygen atoms in total. The molecule has 0 atom stereocenters. The molecule has 1 aliphatic heterocycles. The van der Waals surface area contributed by atoms with E-state index in [1.165, 1.54) is 0 Å². The number of nitrogens with one attached hydrogen (secondary N) is 2. The van der Waals surface area contributed by atoms with Gasteiger partial charge < -0.3 is 15.2 Å². The molecule has 2 heterocycles. The summed E-state index contributed by atoms with van der Waals surface area (Å²) in [6, 6.07) is 8.94. The number of amides is 1. The van der Waals surface area contributed by atoms with Crippen molar-refractivity contribution in [1.29, 1.82) is 0 Å². The van der Waals surface area contributed by atoms with Crippen molar-refractivity contribution in [1.82, 2.24) is 15.8 Å². The highest BCUT2D eigenvalue weighted by molar-refractivity contribution is 6.30. The average molecular weight is 370 g/mol. The second-order valence-corrected chi connectivity index (χ2v) is 6.77. The molecule has 1 amide bonds. The lowest BCUT2D eigenvalue weighted by Gasteiger charge is -2.33. The van der Waals surface area contributed by atoms with E-state index >= 15 is 0 Å². The Morgan fingerprint density at radius 3 is 2.83 bits per heavy atom. The van der Waals surface area contributed by atoms with Gasteiger partial charge in [-0.3, -0.25) is 4.79 Å². The maximum atomic E-state index is 12.3. The van der Waals surface area contributed by atoms with Gasteiger partial charge in [0.1, 0.15) is 5.69 Å². The molecule has 2 aromatic rings. The summed E-state index contributed by atoms with van der Waals surface area (Å²) in [6.45, 7) is 4.83. The Morgan fingerprint density at radius 1 is 1.38 bits per heavy atom. The molecular weight excluding hydrogens is 349 g/mol. The molecule has 24 heavy (non-hydrogen) atoms. The Hall–Kier alpha value is -1.56. The molecule has 1 aromatic carbocycles. The van der Waals surface area contributed by atoms with Gasteiger partial charge in [0.05, 0.1) is 0 Å². The van der Waals surface area contributed by atoms with Crippen LogP contribution in [0.1, 0.15) is 30.3 Å². The van der Waals surface area contributed by atoms with Crippen molar-refractivity contribution in [3.05, 3.63) is 41.1 Å². The van der Waals surface area contributed by atoms with E-state index in [1.54, 1.807) is 18.2 Å². The number of rotatable bonds is 4. The summed E-state index contributed by atoms with van der Waals surface area (Å²) < 4.78 is 5.18. The van der Waals surface area contributed by atoms with Gasteiger partial charge in [0.25, 0.3) is 5.91 Å². The summed E-state index contributed by atoms with van der Waals surface area (Å²) in [5.41, 5.74) is 1.56. The fourth-order valence-corrected chi connectivity index (χ4v) is 2.94. The van der Waals surface area contributed by atoms with E-state index in [9.17, 15) is 4.79 Å². The highest BCUT2D eigenvalue weighted by Crippen LogP contribution is 2.27. The number of halogens is 2. The number of carbonyl (C=O) groups is 1. The summed E-state index contributed by atoms with van der Waals surface area (Å²) in [7, 11) is 0. The molecule has 0 spiro atoms. The standard InChI is InChI=1S/C17H20ClN3O2.ClH/c1-17(5-7-19-8-6-17)11-20-16(22)15-10-14(21-23-15)12-3-2-4-13(18)9-12;/h2-4,9-10,19H,5-8,11H2,1H3,(H,20,22);1H. The minimum absolute atomic E-state index is 0. The molecule has 1 fully saturated rings. The van der Waals surface area contributed by atoms with Gasteiger partial charge in [0.2, 0.25) is 5.76 Å². The molecule has 0 unspecified atom stereocenters. The minimum atomic E-state index is -0.231. The van der Waals surface area contributed by atoms with Crippen LogP contribution in [0.25, 0.3) is 11.3 Å². The van der Waals surface area contributed by atoms with Crippen LogP contribution in [-0.4, -0.2) is 30.7 Å². The third-order valence-corrected chi connectivity index (χ3v) is 4.58. The van der Waals surface area contributed by atoms with Gasteiger partial charge in [0, 0.05) is 23.2 Å². The van der Waals surface area contributed by atoms with Gasteiger partial charge >= 0.3 is 0 Å². The van der Waals surface area contributed by atoms with Crippen molar-refractivity contribution < 1.29 is 9.32 Å². The zero-order chi connectivity index (χ0) is 16.3. The molecule has 0 aliphatic carbocycles. The van der Waals surface area contributed by atoms with Crippen LogP contribution in [0.2, 0.25) is 5.02 Å². The summed E-state index contributed by atoms with van der Waals surface area (Å²) in [6.07, 6.45) is 2.11. The topological polar surface area (TPSA) is 67.2 Å². The number of nitrogens with zero attached hydrogens (tertiary/aromatic N) is 1. The van der Waals surface area contributed by atoms with Gasteiger partial charge in [-0.1, -0.05) is 35.8 Å². The van der Waals surface area contributed by atoms with Gasteiger partial charge in [-0.05, 0) is 43.5 Å². The molecule has 1 aliphatic rings. The molecular formula is C17H21Cl2N3O2. The van der Waals surface area contributed by atoms with Gasteiger partial charge in [0.15, 0.2) is 0 Å².